The molecule has 2 heteroatoms. The van der Waals surface area contributed by atoms with E-state index in [9.17, 15) is 4.79 Å². The SMILES string of the molecule is CCCOC(=O)c1ccc(C2CCC(CCC)CC2)cc1. The second-order valence-electron chi connectivity index (χ2n) is 6.26. The number of ether oxygens (including phenoxy) is 1. The molecule has 2 nitrogen and oxygen atoms in total. The van der Waals surface area contributed by atoms with Crippen molar-refractivity contribution in [2.75, 3.05) is 6.61 Å². The zero-order valence-electron chi connectivity index (χ0n) is 13.4. The predicted molar refractivity (Wildman–Crippen MR) is 86.6 cm³/mol. The predicted octanol–water partition coefficient (Wildman–Crippen LogP) is 5.33. The first-order chi connectivity index (χ1) is 10.2. The molecule has 0 spiro atoms. The minimum Gasteiger partial charge on any atom is -0.462 e. The monoisotopic (exact) mass is 288 g/mol. The first-order valence-electron chi connectivity index (χ1n) is 8.51. The van der Waals surface area contributed by atoms with Gasteiger partial charge in [-0.05, 0) is 61.6 Å². The Morgan fingerprint density at radius 3 is 2.29 bits per heavy atom. The third kappa shape index (κ3) is 4.59. The van der Waals surface area contributed by atoms with Crippen molar-refractivity contribution in [2.45, 2.75) is 64.7 Å². The molecule has 1 aromatic carbocycles. The van der Waals surface area contributed by atoms with Gasteiger partial charge in [-0.2, -0.15) is 0 Å². The lowest BCUT2D eigenvalue weighted by molar-refractivity contribution is 0.0505. The van der Waals surface area contributed by atoms with E-state index in [0.29, 0.717) is 18.1 Å². The van der Waals surface area contributed by atoms with Crippen LogP contribution in [0.15, 0.2) is 24.3 Å². The van der Waals surface area contributed by atoms with Crippen LogP contribution in [0.5, 0.6) is 0 Å². The lowest BCUT2D eigenvalue weighted by Crippen LogP contribution is -2.13. The molecule has 1 fully saturated rings. The summed E-state index contributed by atoms with van der Waals surface area (Å²) in [5.41, 5.74) is 2.06. The number of rotatable bonds is 6. The summed E-state index contributed by atoms with van der Waals surface area (Å²) < 4.78 is 5.16. The maximum Gasteiger partial charge on any atom is 0.338 e. The van der Waals surface area contributed by atoms with E-state index in [2.05, 4.69) is 19.1 Å². The Labute approximate surface area is 128 Å². The molecular weight excluding hydrogens is 260 g/mol. The van der Waals surface area contributed by atoms with Gasteiger partial charge in [0, 0.05) is 0 Å². The van der Waals surface area contributed by atoms with Crippen LogP contribution in [0.3, 0.4) is 0 Å². The second kappa shape index (κ2) is 8.21. The summed E-state index contributed by atoms with van der Waals surface area (Å²) in [5, 5.41) is 0. The average molecular weight is 288 g/mol. The molecule has 0 bridgehead atoms. The molecule has 1 saturated carbocycles. The highest BCUT2D eigenvalue weighted by Gasteiger charge is 2.21. The van der Waals surface area contributed by atoms with E-state index in [4.69, 9.17) is 4.74 Å². The summed E-state index contributed by atoms with van der Waals surface area (Å²) in [7, 11) is 0. The van der Waals surface area contributed by atoms with Crippen LogP contribution >= 0.6 is 0 Å². The summed E-state index contributed by atoms with van der Waals surface area (Å²) in [5.74, 6) is 1.42. The van der Waals surface area contributed by atoms with Gasteiger partial charge in [-0.1, -0.05) is 38.8 Å². The van der Waals surface area contributed by atoms with Gasteiger partial charge in [-0.15, -0.1) is 0 Å². The Morgan fingerprint density at radius 2 is 1.71 bits per heavy atom. The molecule has 0 heterocycles. The summed E-state index contributed by atoms with van der Waals surface area (Å²) in [6, 6.07) is 8.08. The quantitative estimate of drug-likeness (QED) is 0.661. The molecule has 0 aliphatic heterocycles. The van der Waals surface area contributed by atoms with Crippen LogP contribution in [-0.4, -0.2) is 12.6 Å². The van der Waals surface area contributed by atoms with Crippen molar-refractivity contribution in [1.29, 1.82) is 0 Å². The van der Waals surface area contributed by atoms with Crippen molar-refractivity contribution < 1.29 is 9.53 Å². The van der Waals surface area contributed by atoms with Crippen molar-refractivity contribution in [1.82, 2.24) is 0 Å². The van der Waals surface area contributed by atoms with Crippen LogP contribution in [0.4, 0.5) is 0 Å². The van der Waals surface area contributed by atoms with Gasteiger partial charge < -0.3 is 4.74 Å². The standard InChI is InChI=1S/C19H28O2/c1-3-5-15-6-8-16(9-7-15)17-10-12-18(13-11-17)19(20)21-14-4-2/h10-13,15-16H,3-9,14H2,1-2H3. The molecule has 2 rings (SSSR count). The van der Waals surface area contributed by atoms with Crippen LogP contribution in [0.2, 0.25) is 0 Å². The van der Waals surface area contributed by atoms with E-state index >= 15 is 0 Å². The second-order valence-corrected chi connectivity index (χ2v) is 6.26. The number of esters is 1. The molecule has 1 aliphatic carbocycles. The Morgan fingerprint density at radius 1 is 1.05 bits per heavy atom. The molecule has 0 N–H and O–H groups in total. The topological polar surface area (TPSA) is 26.3 Å². The van der Waals surface area contributed by atoms with Gasteiger partial charge >= 0.3 is 5.97 Å². The molecule has 0 saturated heterocycles. The maximum absolute atomic E-state index is 11.8. The third-order valence-corrected chi connectivity index (χ3v) is 4.60. The van der Waals surface area contributed by atoms with Gasteiger partial charge in [0.15, 0.2) is 0 Å². The Balaban J connectivity index is 1.89. The fraction of sp³-hybridized carbons (Fsp3) is 0.632. The number of hydrogen-bond acceptors (Lipinski definition) is 2. The molecule has 1 aliphatic rings. The van der Waals surface area contributed by atoms with Crippen LogP contribution in [0.25, 0.3) is 0 Å². The molecule has 21 heavy (non-hydrogen) atoms. The number of benzene rings is 1. The van der Waals surface area contributed by atoms with E-state index in [-0.39, 0.29) is 5.97 Å². The Bertz CT molecular complexity index is 427. The van der Waals surface area contributed by atoms with Gasteiger partial charge in [-0.3, -0.25) is 0 Å². The van der Waals surface area contributed by atoms with Crippen LogP contribution in [0.1, 0.15) is 80.6 Å². The highest BCUT2D eigenvalue weighted by atomic mass is 16.5. The van der Waals surface area contributed by atoms with Crippen molar-refractivity contribution >= 4 is 5.97 Å². The molecular formula is C19H28O2. The normalized spacial score (nSPS) is 22.0. The molecule has 0 atom stereocenters. The zero-order valence-corrected chi connectivity index (χ0v) is 13.4. The fourth-order valence-electron chi connectivity index (χ4n) is 3.36. The van der Waals surface area contributed by atoms with E-state index in [1.54, 1.807) is 0 Å². The highest BCUT2D eigenvalue weighted by Crippen LogP contribution is 2.37. The van der Waals surface area contributed by atoms with E-state index in [0.717, 1.165) is 12.3 Å². The summed E-state index contributed by atoms with van der Waals surface area (Å²) >= 11 is 0. The Kier molecular flexibility index (Phi) is 6.28. The van der Waals surface area contributed by atoms with E-state index in [1.807, 2.05) is 19.1 Å². The largest absolute Gasteiger partial charge is 0.462 e. The van der Waals surface area contributed by atoms with Crippen LogP contribution in [-0.2, 0) is 4.74 Å². The average Bonchev–Trinajstić information content (AvgIpc) is 2.54. The third-order valence-electron chi connectivity index (χ3n) is 4.60. The minimum atomic E-state index is -0.199. The first kappa shape index (κ1) is 16.1. The smallest absolute Gasteiger partial charge is 0.338 e. The van der Waals surface area contributed by atoms with Crippen molar-refractivity contribution in [2.24, 2.45) is 5.92 Å². The van der Waals surface area contributed by atoms with Gasteiger partial charge in [-0.25, -0.2) is 4.79 Å². The number of hydrogen-bond donors (Lipinski definition) is 0. The summed E-state index contributed by atoms with van der Waals surface area (Å²) in [6.45, 7) is 4.79. The minimum absolute atomic E-state index is 0.199. The lowest BCUT2D eigenvalue weighted by Gasteiger charge is -2.28. The van der Waals surface area contributed by atoms with E-state index in [1.165, 1.54) is 44.1 Å². The number of carbonyl (C=O) groups is 1. The van der Waals surface area contributed by atoms with Crippen molar-refractivity contribution in [3.05, 3.63) is 35.4 Å². The molecule has 0 unspecified atom stereocenters. The van der Waals surface area contributed by atoms with Gasteiger partial charge in [0.05, 0.1) is 12.2 Å². The van der Waals surface area contributed by atoms with Gasteiger partial charge in [0.2, 0.25) is 0 Å². The Hall–Kier alpha value is -1.31. The van der Waals surface area contributed by atoms with Crippen molar-refractivity contribution in [3.63, 3.8) is 0 Å². The lowest BCUT2D eigenvalue weighted by atomic mass is 9.77. The maximum atomic E-state index is 11.8. The van der Waals surface area contributed by atoms with Gasteiger partial charge in [0.1, 0.15) is 0 Å². The fourth-order valence-corrected chi connectivity index (χ4v) is 3.36. The molecule has 1 aromatic rings. The summed E-state index contributed by atoms with van der Waals surface area (Å²) in [4.78, 5) is 11.8. The first-order valence-corrected chi connectivity index (χ1v) is 8.51. The number of carbonyl (C=O) groups excluding carboxylic acids is 1. The molecule has 0 radical (unpaired) electrons. The zero-order chi connectivity index (χ0) is 15.1. The van der Waals surface area contributed by atoms with Crippen molar-refractivity contribution in [3.8, 4) is 0 Å². The van der Waals surface area contributed by atoms with Crippen LogP contribution in [0, 0.1) is 5.92 Å². The van der Waals surface area contributed by atoms with Crippen LogP contribution < -0.4 is 0 Å². The van der Waals surface area contributed by atoms with E-state index < -0.39 is 0 Å². The highest BCUT2D eigenvalue weighted by molar-refractivity contribution is 5.89. The summed E-state index contributed by atoms with van der Waals surface area (Å²) in [6.07, 6.45) is 8.87. The molecule has 116 valence electrons. The molecule has 0 amide bonds. The van der Waals surface area contributed by atoms with Gasteiger partial charge in [0.25, 0.3) is 0 Å². The molecule has 0 aromatic heterocycles.